The Morgan fingerprint density at radius 1 is 0.903 bits per heavy atom. The Bertz CT molecular complexity index is 1010. The molecule has 1 unspecified atom stereocenters. The molecule has 0 radical (unpaired) electrons. The van der Waals surface area contributed by atoms with Gasteiger partial charge in [-0.3, -0.25) is 14.8 Å². The SMILES string of the molecule is COc1ccccc1N1CCN(C2CCCN(Cc3ccc4ccccc4n3)C2)CC1. The normalized spacial score (nSPS) is 20.8. The molecule has 5 heteroatoms. The van der Waals surface area contributed by atoms with Gasteiger partial charge in [-0.05, 0) is 43.7 Å². The quantitative estimate of drug-likeness (QED) is 0.627. The number of benzene rings is 2. The predicted molar refractivity (Wildman–Crippen MR) is 127 cm³/mol. The molecule has 1 aromatic heterocycles. The number of hydrogen-bond acceptors (Lipinski definition) is 5. The lowest BCUT2D eigenvalue weighted by molar-refractivity contribution is 0.0881. The van der Waals surface area contributed by atoms with Crippen LogP contribution in [0.3, 0.4) is 0 Å². The fourth-order valence-corrected chi connectivity index (χ4v) is 5.12. The van der Waals surface area contributed by atoms with Crippen LogP contribution in [0.2, 0.25) is 0 Å². The van der Waals surface area contributed by atoms with Crippen molar-refractivity contribution in [1.29, 1.82) is 0 Å². The number of anilines is 1. The monoisotopic (exact) mass is 416 g/mol. The van der Waals surface area contributed by atoms with Crippen LogP contribution in [0.15, 0.2) is 60.7 Å². The molecule has 2 saturated heterocycles. The number of methoxy groups -OCH3 is 1. The Labute approximate surface area is 185 Å². The van der Waals surface area contributed by atoms with E-state index in [1.165, 1.54) is 36.2 Å². The number of ether oxygens (including phenoxy) is 1. The van der Waals surface area contributed by atoms with Crippen molar-refractivity contribution >= 4 is 16.6 Å². The molecule has 0 saturated carbocycles. The number of aromatic nitrogens is 1. The second-order valence-corrected chi connectivity index (χ2v) is 8.72. The van der Waals surface area contributed by atoms with Gasteiger partial charge in [-0.25, -0.2) is 0 Å². The molecule has 0 aliphatic carbocycles. The molecule has 2 aliphatic heterocycles. The van der Waals surface area contributed by atoms with Crippen LogP contribution in [0, 0.1) is 0 Å². The number of para-hydroxylation sites is 3. The molecule has 0 spiro atoms. The predicted octanol–water partition coefficient (Wildman–Crippen LogP) is 4.03. The van der Waals surface area contributed by atoms with Crippen LogP contribution in [0.4, 0.5) is 5.69 Å². The van der Waals surface area contributed by atoms with Crippen molar-refractivity contribution in [2.24, 2.45) is 0 Å². The van der Waals surface area contributed by atoms with Gasteiger partial charge in [-0.2, -0.15) is 0 Å². The van der Waals surface area contributed by atoms with Gasteiger partial charge in [0.1, 0.15) is 5.75 Å². The van der Waals surface area contributed by atoms with Gasteiger partial charge >= 0.3 is 0 Å². The van der Waals surface area contributed by atoms with E-state index in [9.17, 15) is 0 Å². The van der Waals surface area contributed by atoms with Gasteiger partial charge in [0.05, 0.1) is 24.0 Å². The summed E-state index contributed by atoms with van der Waals surface area (Å²) in [5, 5.41) is 1.22. The first-order valence-electron chi connectivity index (χ1n) is 11.5. The van der Waals surface area contributed by atoms with Gasteiger partial charge in [-0.15, -0.1) is 0 Å². The highest BCUT2D eigenvalue weighted by molar-refractivity contribution is 5.78. The third-order valence-corrected chi connectivity index (χ3v) is 6.78. The van der Waals surface area contributed by atoms with Crippen molar-refractivity contribution in [1.82, 2.24) is 14.8 Å². The minimum absolute atomic E-state index is 0.647. The average molecular weight is 417 g/mol. The Balaban J connectivity index is 1.19. The van der Waals surface area contributed by atoms with Crippen LogP contribution in [0.25, 0.3) is 10.9 Å². The lowest BCUT2D eigenvalue weighted by Gasteiger charge is -2.44. The van der Waals surface area contributed by atoms with E-state index in [0.717, 1.165) is 50.5 Å². The molecule has 2 aliphatic rings. The Morgan fingerprint density at radius 3 is 2.58 bits per heavy atom. The number of likely N-dealkylation sites (tertiary alicyclic amines) is 1. The minimum Gasteiger partial charge on any atom is -0.495 e. The number of pyridine rings is 1. The third-order valence-electron chi connectivity index (χ3n) is 6.78. The highest BCUT2D eigenvalue weighted by atomic mass is 16.5. The molecule has 5 nitrogen and oxygen atoms in total. The summed E-state index contributed by atoms with van der Waals surface area (Å²) in [4.78, 5) is 12.7. The van der Waals surface area contributed by atoms with Gasteiger partial charge in [0.15, 0.2) is 0 Å². The standard InChI is InChI=1S/C26H32N4O/c1-31-26-11-5-4-10-25(26)30-17-15-29(16-18-30)23-8-6-14-28(20-23)19-22-13-12-21-7-2-3-9-24(21)27-22/h2-5,7,9-13,23H,6,8,14-20H2,1H3. The minimum atomic E-state index is 0.647. The van der Waals surface area contributed by atoms with E-state index in [0.29, 0.717) is 6.04 Å². The van der Waals surface area contributed by atoms with Crippen LogP contribution in [-0.4, -0.2) is 67.2 Å². The van der Waals surface area contributed by atoms with Crippen molar-refractivity contribution in [3.8, 4) is 5.75 Å². The molecule has 0 amide bonds. The molecular weight excluding hydrogens is 384 g/mol. The summed E-state index contributed by atoms with van der Waals surface area (Å²) in [7, 11) is 1.76. The number of hydrogen-bond donors (Lipinski definition) is 0. The second-order valence-electron chi connectivity index (χ2n) is 8.72. The van der Waals surface area contributed by atoms with Gasteiger partial charge in [0.25, 0.3) is 0 Å². The van der Waals surface area contributed by atoms with E-state index in [1.807, 2.05) is 6.07 Å². The zero-order chi connectivity index (χ0) is 21.0. The maximum atomic E-state index is 5.57. The van der Waals surface area contributed by atoms with E-state index in [4.69, 9.17) is 9.72 Å². The van der Waals surface area contributed by atoms with Crippen molar-refractivity contribution in [3.63, 3.8) is 0 Å². The number of nitrogens with zero attached hydrogens (tertiary/aromatic N) is 4. The third kappa shape index (κ3) is 4.53. The van der Waals surface area contributed by atoms with E-state index >= 15 is 0 Å². The van der Waals surface area contributed by atoms with Crippen molar-refractivity contribution < 1.29 is 4.74 Å². The first-order chi connectivity index (χ1) is 15.3. The maximum Gasteiger partial charge on any atom is 0.142 e. The number of fused-ring (bicyclic) bond motifs is 1. The molecule has 0 bridgehead atoms. The summed E-state index contributed by atoms with van der Waals surface area (Å²) in [5.41, 5.74) is 3.50. The lowest BCUT2D eigenvalue weighted by Crippen LogP contribution is -2.55. The zero-order valence-corrected chi connectivity index (χ0v) is 18.4. The molecule has 3 aromatic rings. The molecule has 0 N–H and O–H groups in total. The maximum absolute atomic E-state index is 5.57. The Kier molecular flexibility index (Phi) is 6.05. The van der Waals surface area contributed by atoms with Gasteiger partial charge in [0, 0.05) is 50.7 Å². The number of rotatable bonds is 5. The van der Waals surface area contributed by atoms with Crippen LogP contribution in [-0.2, 0) is 6.54 Å². The van der Waals surface area contributed by atoms with Gasteiger partial charge < -0.3 is 9.64 Å². The Morgan fingerprint density at radius 2 is 1.71 bits per heavy atom. The summed E-state index contributed by atoms with van der Waals surface area (Å²) >= 11 is 0. The lowest BCUT2D eigenvalue weighted by atomic mass is 10.0. The van der Waals surface area contributed by atoms with Gasteiger partial charge in [0.2, 0.25) is 0 Å². The van der Waals surface area contributed by atoms with E-state index in [2.05, 4.69) is 69.3 Å². The van der Waals surface area contributed by atoms with Crippen molar-refractivity contribution in [2.45, 2.75) is 25.4 Å². The molecule has 1 atom stereocenters. The fourth-order valence-electron chi connectivity index (χ4n) is 5.12. The molecule has 2 fully saturated rings. The Hall–Kier alpha value is -2.63. The molecule has 2 aromatic carbocycles. The highest BCUT2D eigenvalue weighted by Gasteiger charge is 2.29. The van der Waals surface area contributed by atoms with E-state index < -0.39 is 0 Å². The smallest absolute Gasteiger partial charge is 0.142 e. The van der Waals surface area contributed by atoms with Crippen LogP contribution < -0.4 is 9.64 Å². The summed E-state index contributed by atoms with van der Waals surface area (Å²) in [6, 6.07) is 21.8. The second kappa shape index (κ2) is 9.25. The summed E-state index contributed by atoms with van der Waals surface area (Å²) < 4.78 is 5.57. The van der Waals surface area contributed by atoms with E-state index in [1.54, 1.807) is 7.11 Å². The zero-order valence-electron chi connectivity index (χ0n) is 18.4. The largest absolute Gasteiger partial charge is 0.495 e. The first-order valence-corrected chi connectivity index (χ1v) is 11.5. The first kappa shape index (κ1) is 20.3. The summed E-state index contributed by atoms with van der Waals surface area (Å²) in [6.07, 6.45) is 2.57. The average Bonchev–Trinajstić information content (AvgIpc) is 2.84. The molecule has 3 heterocycles. The van der Waals surface area contributed by atoms with Crippen LogP contribution in [0.1, 0.15) is 18.5 Å². The van der Waals surface area contributed by atoms with Crippen LogP contribution >= 0.6 is 0 Å². The molecular formula is C26H32N4O. The molecule has 5 rings (SSSR count). The topological polar surface area (TPSA) is 31.8 Å². The van der Waals surface area contributed by atoms with Crippen molar-refractivity contribution in [3.05, 3.63) is 66.4 Å². The molecule has 162 valence electrons. The van der Waals surface area contributed by atoms with Crippen LogP contribution in [0.5, 0.6) is 5.75 Å². The van der Waals surface area contributed by atoms with Crippen molar-refractivity contribution in [2.75, 3.05) is 51.3 Å². The highest BCUT2D eigenvalue weighted by Crippen LogP contribution is 2.29. The fraction of sp³-hybridized carbons (Fsp3) is 0.423. The van der Waals surface area contributed by atoms with E-state index in [-0.39, 0.29) is 0 Å². The number of piperazine rings is 1. The summed E-state index contributed by atoms with van der Waals surface area (Å²) in [5.74, 6) is 0.975. The number of piperidine rings is 1. The summed E-state index contributed by atoms with van der Waals surface area (Å²) in [6.45, 7) is 7.61. The van der Waals surface area contributed by atoms with Gasteiger partial charge in [-0.1, -0.05) is 36.4 Å². The molecule has 31 heavy (non-hydrogen) atoms.